The fourth-order valence-corrected chi connectivity index (χ4v) is 12.0. The Labute approximate surface area is 500 Å². The van der Waals surface area contributed by atoms with E-state index in [0.29, 0.717) is 50.8 Å². The number of unbranched alkanes of at least 4 members (excludes halogenated alkanes) is 30. The third-order valence-electron chi connectivity index (χ3n) is 16.2. The molecule has 2 aliphatic rings. The van der Waals surface area contributed by atoms with Crippen molar-refractivity contribution in [3.63, 3.8) is 0 Å². The van der Waals surface area contributed by atoms with Crippen molar-refractivity contribution < 1.29 is 35.4 Å². The Morgan fingerprint density at radius 3 is 0.927 bits per heavy atom. The van der Waals surface area contributed by atoms with Crippen LogP contribution in [0, 0.1) is 0 Å². The maximum Gasteiger partial charge on any atom is 2.00 e. The summed E-state index contributed by atoms with van der Waals surface area (Å²) in [4.78, 5) is 38.0. The SMILES string of the molecule is CCCCCCCCCCCCCCCCCC[NH2+]CCCCCCCCCCCCCCCCCC.O=S(=O)([O-])c1ccc2c(c1)-c1nc-2nc2[n-]c(nc3nc(nc4[n-]c(n1)c1ccccc41)-c1ccccc1-3)c1ccccc21.[Cu+2]. The number of aromatic nitrogens is 8. The average molecular weight is 1180 g/mol. The van der Waals surface area contributed by atoms with E-state index in [9.17, 15) is 13.0 Å². The third-order valence-corrected chi connectivity index (χ3v) is 17.0. The summed E-state index contributed by atoms with van der Waals surface area (Å²) in [5.41, 5.74) is 4.00. The first-order valence-corrected chi connectivity index (χ1v) is 33.1. The molecule has 0 atom stereocenters. The molecule has 0 amide bonds. The first kappa shape index (κ1) is 64.2. The summed E-state index contributed by atoms with van der Waals surface area (Å²) < 4.78 is 35.8. The zero-order valence-corrected chi connectivity index (χ0v) is 51.0. The summed E-state index contributed by atoms with van der Waals surface area (Å²) >= 11 is 0. The van der Waals surface area contributed by atoms with Gasteiger partial charge in [0.15, 0.2) is 0 Å². The summed E-state index contributed by atoms with van der Waals surface area (Å²) in [5, 5.41) is 5.57. The molecular formula is C68H91CuN9O3S. The Hall–Kier alpha value is -5.37. The minimum absolute atomic E-state index is 0. The standard InChI is InChI=1S/C36H75N.C32H16N8O3S.Cu/c1-3-5-7-9-11-13-15-17-19-21-23-25-27-29-31-33-35-37-36-34-32-30-28-26-24-22-20-18-16-14-12-10-8-6-4-2;41-44(42,43)16-13-14-23-24(15-16)32-39-30-22-12-6-5-11-21(22)28(37-30)35-26-18-8-2-1-7-17(18)25(33-26)34-27-19-9-3-4-10-20(19)29(36-27)38-31(23)40-32;/h37H,3-36H2,1-2H3;1-15H,(H-2,33,34,35,36,37,38,39,40,41,42,43);/q;-2;+2. The van der Waals surface area contributed by atoms with E-state index in [1.54, 1.807) is 0 Å². The van der Waals surface area contributed by atoms with Crippen molar-refractivity contribution >= 4 is 54.3 Å². The second-order valence-electron chi connectivity index (χ2n) is 22.8. The third kappa shape index (κ3) is 19.3. The van der Waals surface area contributed by atoms with Crippen LogP contribution in [0.25, 0.3) is 89.7 Å². The van der Waals surface area contributed by atoms with Crippen LogP contribution in [0.2, 0.25) is 0 Å². The van der Waals surface area contributed by atoms with E-state index in [4.69, 9.17) is 39.9 Å². The molecule has 0 saturated carbocycles. The zero-order valence-electron chi connectivity index (χ0n) is 49.3. The number of hydrogen-bond acceptors (Lipinski definition) is 9. The minimum Gasteiger partial charge on any atom is -0.744 e. The molecule has 0 saturated heterocycles. The molecule has 5 heterocycles. The molecule has 2 N–H and O–H groups in total. The Morgan fingerprint density at radius 2 is 0.622 bits per heavy atom. The van der Waals surface area contributed by atoms with Gasteiger partial charge in [-0.15, -0.1) is 0 Å². The van der Waals surface area contributed by atoms with Gasteiger partial charge in [0.25, 0.3) is 0 Å². The van der Waals surface area contributed by atoms with E-state index >= 15 is 0 Å². The van der Waals surface area contributed by atoms with E-state index in [1.807, 2.05) is 72.8 Å². The van der Waals surface area contributed by atoms with Crippen LogP contribution < -0.4 is 15.3 Å². The number of nitrogens with zero attached hydrogens (tertiary/aromatic N) is 8. The normalized spacial score (nSPS) is 11.8. The van der Waals surface area contributed by atoms with Crippen molar-refractivity contribution in [1.29, 1.82) is 0 Å². The van der Waals surface area contributed by atoms with Gasteiger partial charge in [-0.05, 0) is 59.4 Å². The smallest absolute Gasteiger partial charge is 0.744 e. The molecule has 1 radical (unpaired) electrons. The number of fused-ring (bicyclic) bond motifs is 20. The summed E-state index contributed by atoms with van der Waals surface area (Å²) in [6, 6.07) is 26.8. The van der Waals surface area contributed by atoms with Crippen LogP contribution >= 0.6 is 0 Å². The molecule has 443 valence electrons. The van der Waals surface area contributed by atoms with E-state index in [0.717, 1.165) is 27.3 Å². The molecule has 9 rings (SSSR count). The first-order chi connectivity index (χ1) is 39.8. The van der Waals surface area contributed by atoms with E-state index < -0.39 is 15.0 Å². The molecule has 0 unspecified atom stereocenters. The average Bonchev–Trinajstić information content (AvgIpc) is 3.45. The fourth-order valence-electron chi connectivity index (χ4n) is 11.5. The van der Waals surface area contributed by atoms with Gasteiger partial charge >= 0.3 is 17.1 Å². The van der Waals surface area contributed by atoms with Gasteiger partial charge in [0.1, 0.15) is 10.1 Å². The number of hydrogen-bond donors (Lipinski definition) is 1. The van der Waals surface area contributed by atoms with E-state index in [2.05, 4.69) is 19.2 Å². The van der Waals surface area contributed by atoms with Crippen molar-refractivity contribution in [1.82, 2.24) is 39.9 Å². The van der Waals surface area contributed by atoms with Crippen molar-refractivity contribution in [3.05, 3.63) is 91.0 Å². The van der Waals surface area contributed by atoms with Gasteiger partial charge in [-0.2, -0.15) is 0 Å². The predicted octanol–water partition coefficient (Wildman–Crippen LogP) is 17.1. The molecule has 0 fully saturated rings. The summed E-state index contributed by atoms with van der Waals surface area (Å²) in [5.74, 6) is 1.33. The molecule has 8 bridgehead atoms. The number of nitrogens with two attached hydrogens (primary N) is 1. The van der Waals surface area contributed by atoms with Crippen LogP contribution in [0.5, 0.6) is 0 Å². The molecule has 2 aliphatic heterocycles. The van der Waals surface area contributed by atoms with Crippen LogP contribution in [0.3, 0.4) is 0 Å². The van der Waals surface area contributed by atoms with Crippen molar-refractivity contribution in [2.24, 2.45) is 0 Å². The van der Waals surface area contributed by atoms with Gasteiger partial charge in [-0.1, -0.05) is 272 Å². The Kier molecular flexibility index (Phi) is 27.4. The summed E-state index contributed by atoms with van der Waals surface area (Å²) in [6.07, 6.45) is 47.0. The molecule has 3 aromatic heterocycles. The van der Waals surface area contributed by atoms with Crippen LogP contribution in [-0.4, -0.2) is 56.0 Å². The van der Waals surface area contributed by atoms with Gasteiger partial charge in [0.2, 0.25) is 0 Å². The molecule has 12 nitrogen and oxygen atoms in total. The number of rotatable bonds is 35. The fraction of sp³-hybridized carbons (Fsp3) is 0.529. The van der Waals surface area contributed by atoms with Gasteiger partial charge in [0, 0.05) is 44.8 Å². The Balaban J connectivity index is 0.000000239. The summed E-state index contributed by atoms with van der Waals surface area (Å²) in [7, 11) is -4.74. The predicted molar refractivity (Wildman–Crippen MR) is 333 cm³/mol. The van der Waals surface area contributed by atoms with E-state index in [-0.39, 0.29) is 28.7 Å². The minimum atomic E-state index is -4.74. The Bertz CT molecular complexity index is 3280. The molecule has 4 aromatic carbocycles. The van der Waals surface area contributed by atoms with Gasteiger partial charge in [-0.3, -0.25) is 0 Å². The molecule has 14 heteroatoms. The summed E-state index contributed by atoms with van der Waals surface area (Å²) in [6.45, 7) is 7.36. The zero-order chi connectivity index (χ0) is 56.3. The number of quaternary nitrogens is 1. The van der Waals surface area contributed by atoms with E-state index in [1.165, 1.54) is 237 Å². The van der Waals surface area contributed by atoms with Gasteiger partial charge in [-0.25, -0.2) is 18.4 Å². The van der Waals surface area contributed by atoms with Crippen LogP contribution in [0.1, 0.15) is 219 Å². The topological polar surface area (TPSA) is 179 Å². The molecule has 0 aliphatic carbocycles. The molecule has 7 aromatic rings. The largest absolute Gasteiger partial charge is 2.00 e. The number of benzene rings is 4. The van der Waals surface area contributed by atoms with Crippen LogP contribution in [0.4, 0.5) is 0 Å². The quantitative estimate of drug-likeness (QED) is 0.0227. The van der Waals surface area contributed by atoms with Crippen molar-refractivity contribution in [2.45, 2.75) is 224 Å². The first-order valence-electron chi connectivity index (χ1n) is 31.7. The second-order valence-corrected chi connectivity index (χ2v) is 24.1. The van der Waals surface area contributed by atoms with Gasteiger partial charge in [0.05, 0.1) is 41.3 Å². The maximum absolute atomic E-state index is 11.9. The van der Waals surface area contributed by atoms with Crippen LogP contribution in [-0.2, 0) is 27.2 Å². The second kappa shape index (κ2) is 35.0. The van der Waals surface area contributed by atoms with Crippen LogP contribution in [0.15, 0.2) is 95.9 Å². The molecular weight excluding hydrogens is 1090 g/mol. The monoisotopic (exact) mass is 1180 g/mol. The van der Waals surface area contributed by atoms with Crippen molar-refractivity contribution in [2.75, 3.05) is 13.1 Å². The molecule has 82 heavy (non-hydrogen) atoms. The van der Waals surface area contributed by atoms with Crippen molar-refractivity contribution in [3.8, 4) is 45.6 Å². The molecule has 0 spiro atoms. The Morgan fingerprint density at radius 1 is 0.354 bits per heavy atom. The maximum atomic E-state index is 11.9. The van der Waals surface area contributed by atoms with Gasteiger partial charge < -0.3 is 39.8 Å².